The lowest BCUT2D eigenvalue weighted by atomic mass is 9.96. The SMILES string of the molecule is CCOC1CCCc2sc(CCCNC)cc21. The average Bonchev–Trinajstić information content (AvgIpc) is 2.74. The normalized spacial score (nSPS) is 19.3. The number of hydrogen-bond donors (Lipinski definition) is 1. The van der Waals surface area contributed by atoms with E-state index >= 15 is 0 Å². The van der Waals surface area contributed by atoms with Gasteiger partial charge in [-0.05, 0) is 64.3 Å². The van der Waals surface area contributed by atoms with E-state index in [0.717, 1.165) is 13.2 Å². The van der Waals surface area contributed by atoms with Crippen LogP contribution < -0.4 is 5.32 Å². The van der Waals surface area contributed by atoms with E-state index in [4.69, 9.17) is 4.74 Å². The van der Waals surface area contributed by atoms with Crippen molar-refractivity contribution in [2.45, 2.75) is 45.1 Å². The minimum Gasteiger partial charge on any atom is -0.374 e. The molecule has 1 aliphatic carbocycles. The molecular formula is C14H23NOS. The van der Waals surface area contributed by atoms with Crippen LogP contribution in [0.25, 0.3) is 0 Å². The number of nitrogens with one attached hydrogen (secondary N) is 1. The van der Waals surface area contributed by atoms with Gasteiger partial charge in [-0.3, -0.25) is 0 Å². The smallest absolute Gasteiger partial charge is 0.0835 e. The van der Waals surface area contributed by atoms with Crippen LogP contribution in [0.15, 0.2) is 6.07 Å². The molecule has 0 amide bonds. The van der Waals surface area contributed by atoms with Gasteiger partial charge in [0.05, 0.1) is 6.10 Å². The Morgan fingerprint density at radius 2 is 2.41 bits per heavy atom. The summed E-state index contributed by atoms with van der Waals surface area (Å²) in [5.74, 6) is 0. The van der Waals surface area contributed by atoms with E-state index in [1.807, 2.05) is 18.4 Å². The van der Waals surface area contributed by atoms with Gasteiger partial charge in [0.15, 0.2) is 0 Å². The monoisotopic (exact) mass is 253 g/mol. The molecule has 17 heavy (non-hydrogen) atoms. The highest BCUT2D eigenvalue weighted by molar-refractivity contribution is 7.12. The van der Waals surface area contributed by atoms with Gasteiger partial charge in [0.25, 0.3) is 0 Å². The number of thiophene rings is 1. The highest BCUT2D eigenvalue weighted by atomic mass is 32.1. The minimum absolute atomic E-state index is 0.373. The van der Waals surface area contributed by atoms with E-state index in [-0.39, 0.29) is 0 Å². The average molecular weight is 253 g/mol. The number of fused-ring (bicyclic) bond motifs is 1. The number of rotatable bonds is 6. The molecule has 1 aromatic heterocycles. The molecule has 1 aliphatic rings. The van der Waals surface area contributed by atoms with Crippen molar-refractivity contribution in [2.75, 3.05) is 20.2 Å². The Balaban J connectivity index is 2.02. The molecule has 2 nitrogen and oxygen atoms in total. The predicted octanol–water partition coefficient (Wildman–Crippen LogP) is 3.31. The zero-order valence-electron chi connectivity index (χ0n) is 10.9. The second kappa shape index (κ2) is 6.53. The molecule has 0 aliphatic heterocycles. The lowest BCUT2D eigenvalue weighted by Gasteiger charge is -2.22. The standard InChI is InChI=1S/C14H23NOS/c1-3-16-13-7-4-8-14-12(13)10-11(17-14)6-5-9-15-2/h10,13,15H,3-9H2,1-2H3. The van der Waals surface area contributed by atoms with Gasteiger partial charge >= 0.3 is 0 Å². The van der Waals surface area contributed by atoms with Crippen molar-refractivity contribution in [3.05, 3.63) is 21.4 Å². The number of ether oxygens (including phenoxy) is 1. The summed E-state index contributed by atoms with van der Waals surface area (Å²) in [6.45, 7) is 4.03. The van der Waals surface area contributed by atoms with Crippen molar-refractivity contribution >= 4 is 11.3 Å². The van der Waals surface area contributed by atoms with Gasteiger partial charge in [0, 0.05) is 16.4 Å². The topological polar surface area (TPSA) is 21.3 Å². The van der Waals surface area contributed by atoms with Crippen molar-refractivity contribution in [3.8, 4) is 0 Å². The first-order valence-electron chi connectivity index (χ1n) is 6.72. The molecule has 1 N–H and O–H groups in total. The van der Waals surface area contributed by atoms with Crippen molar-refractivity contribution in [2.24, 2.45) is 0 Å². The summed E-state index contributed by atoms with van der Waals surface area (Å²) < 4.78 is 5.84. The second-order valence-electron chi connectivity index (χ2n) is 4.63. The Morgan fingerprint density at radius 3 is 3.18 bits per heavy atom. The van der Waals surface area contributed by atoms with E-state index in [2.05, 4.69) is 18.3 Å². The van der Waals surface area contributed by atoms with Crippen LogP contribution in [-0.2, 0) is 17.6 Å². The summed E-state index contributed by atoms with van der Waals surface area (Å²) in [6.07, 6.45) is 6.56. The lowest BCUT2D eigenvalue weighted by molar-refractivity contribution is 0.0506. The summed E-state index contributed by atoms with van der Waals surface area (Å²) in [7, 11) is 2.02. The van der Waals surface area contributed by atoms with Crippen LogP contribution in [0.2, 0.25) is 0 Å². The molecule has 96 valence electrons. The maximum absolute atomic E-state index is 5.84. The molecule has 1 unspecified atom stereocenters. The summed E-state index contributed by atoms with van der Waals surface area (Å²) in [5.41, 5.74) is 1.49. The third-order valence-electron chi connectivity index (χ3n) is 3.33. The molecule has 0 radical (unpaired) electrons. The molecule has 0 saturated heterocycles. The maximum Gasteiger partial charge on any atom is 0.0835 e. The molecule has 3 heteroatoms. The zero-order valence-corrected chi connectivity index (χ0v) is 11.7. The van der Waals surface area contributed by atoms with Gasteiger partial charge in [-0.15, -0.1) is 11.3 Å². The summed E-state index contributed by atoms with van der Waals surface area (Å²) in [4.78, 5) is 3.12. The van der Waals surface area contributed by atoms with Gasteiger partial charge < -0.3 is 10.1 Å². The minimum atomic E-state index is 0.373. The van der Waals surface area contributed by atoms with Crippen LogP contribution in [0.4, 0.5) is 0 Å². The van der Waals surface area contributed by atoms with E-state index in [0.29, 0.717) is 6.10 Å². The Morgan fingerprint density at radius 1 is 1.53 bits per heavy atom. The van der Waals surface area contributed by atoms with E-state index in [1.165, 1.54) is 42.5 Å². The Labute approximate surface area is 108 Å². The zero-order chi connectivity index (χ0) is 12.1. The van der Waals surface area contributed by atoms with Crippen LogP contribution >= 0.6 is 11.3 Å². The van der Waals surface area contributed by atoms with Crippen LogP contribution in [0, 0.1) is 0 Å². The van der Waals surface area contributed by atoms with Gasteiger partial charge in [-0.2, -0.15) is 0 Å². The summed E-state index contributed by atoms with van der Waals surface area (Å²) in [5, 5.41) is 3.21. The maximum atomic E-state index is 5.84. The fraction of sp³-hybridized carbons (Fsp3) is 0.714. The van der Waals surface area contributed by atoms with Crippen molar-refractivity contribution in [1.29, 1.82) is 0 Å². The first kappa shape index (κ1) is 13.1. The van der Waals surface area contributed by atoms with E-state index < -0.39 is 0 Å². The molecule has 0 spiro atoms. The fourth-order valence-corrected chi connectivity index (χ4v) is 3.81. The number of hydrogen-bond acceptors (Lipinski definition) is 3. The molecule has 2 rings (SSSR count). The predicted molar refractivity (Wildman–Crippen MR) is 73.9 cm³/mol. The van der Waals surface area contributed by atoms with Crippen molar-refractivity contribution in [3.63, 3.8) is 0 Å². The van der Waals surface area contributed by atoms with Gasteiger partial charge in [-0.25, -0.2) is 0 Å². The van der Waals surface area contributed by atoms with Crippen LogP contribution in [0.5, 0.6) is 0 Å². The highest BCUT2D eigenvalue weighted by Crippen LogP contribution is 2.38. The van der Waals surface area contributed by atoms with Crippen molar-refractivity contribution in [1.82, 2.24) is 5.32 Å². The molecule has 0 saturated carbocycles. The molecule has 0 fully saturated rings. The Hall–Kier alpha value is -0.380. The summed E-state index contributed by atoms with van der Waals surface area (Å²) in [6, 6.07) is 2.40. The van der Waals surface area contributed by atoms with Crippen LogP contribution in [0.1, 0.15) is 47.6 Å². The molecule has 0 aromatic carbocycles. The summed E-state index contributed by atoms with van der Waals surface area (Å²) >= 11 is 2.01. The molecule has 0 bridgehead atoms. The van der Waals surface area contributed by atoms with Gasteiger partial charge in [0.1, 0.15) is 0 Å². The van der Waals surface area contributed by atoms with Crippen LogP contribution in [-0.4, -0.2) is 20.2 Å². The lowest BCUT2D eigenvalue weighted by Crippen LogP contribution is -2.10. The molecular weight excluding hydrogens is 230 g/mol. The molecule has 1 aromatic rings. The van der Waals surface area contributed by atoms with E-state index in [9.17, 15) is 0 Å². The van der Waals surface area contributed by atoms with Crippen molar-refractivity contribution < 1.29 is 4.74 Å². The van der Waals surface area contributed by atoms with Crippen LogP contribution in [0.3, 0.4) is 0 Å². The van der Waals surface area contributed by atoms with Gasteiger partial charge in [0.2, 0.25) is 0 Å². The highest BCUT2D eigenvalue weighted by Gasteiger charge is 2.22. The Kier molecular flexibility index (Phi) is 5.01. The van der Waals surface area contributed by atoms with E-state index in [1.54, 1.807) is 4.88 Å². The largest absolute Gasteiger partial charge is 0.374 e. The first-order chi connectivity index (χ1) is 8.35. The molecule has 1 atom stereocenters. The fourth-order valence-electron chi connectivity index (χ4n) is 2.51. The third-order valence-corrected chi connectivity index (χ3v) is 4.60. The van der Waals surface area contributed by atoms with Gasteiger partial charge in [-0.1, -0.05) is 0 Å². The first-order valence-corrected chi connectivity index (χ1v) is 7.54. The molecule has 1 heterocycles. The quantitative estimate of drug-likeness (QED) is 0.785. The second-order valence-corrected chi connectivity index (χ2v) is 5.86. The Bertz CT molecular complexity index is 348. The third kappa shape index (κ3) is 3.30. The number of aryl methyl sites for hydroxylation is 2.